The molecule has 0 aliphatic rings. The summed E-state index contributed by atoms with van der Waals surface area (Å²) in [4.78, 5) is 23.8. The lowest BCUT2D eigenvalue weighted by Crippen LogP contribution is -2.18. The van der Waals surface area contributed by atoms with Crippen molar-refractivity contribution in [3.05, 3.63) is 78.4 Å². The zero-order valence-electron chi connectivity index (χ0n) is 16.9. The quantitative estimate of drug-likeness (QED) is 0.519. The van der Waals surface area contributed by atoms with E-state index in [9.17, 15) is 18.0 Å². The van der Waals surface area contributed by atoms with E-state index < -0.39 is 15.9 Å². The Morgan fingerprint density at radius 3 is 2.00 bits per heavy atom. The number of anilines is 3. The van der Waals surface area contributed by atoms with Crippen LogP contribution < -0.4 is 20.1 Å². The molecule has 0 saturated carbocycles. The molecule has 0 aromatic heterocycles. The van der Waals surface area contributed by atoms with Gasteiger partial charge in [0.2, 0.25) is 5.91 Å². The Morgan fingerprint density at radius 1 is 0.806 bits per heavy atom. The molecule has 0 heterocycles. The Kier molecular flexibility index (Phi) is 6.56. The molecule has 0 aliphatic carbocycles. The number of hydrogen-bond acceptors (Lipinski definition) is 5. The fourth-order valence-corrected chi connectivity index (χ4v) is 3.85. The summed E-state index contributed by atoms with van der Waals surface area (Å²) in [5.41, 5.74) is 1.32. The van der Waals surface area contributed by atoms with Crippen molar-refractivity contribution in [2.75, 3.05) is 22.5 Å². The van der Waals surface area contributed by atoms with Crippen LogP contribution >= 0.6 is 0 Å². The standard InChI is InChI=1S/C22H21N3O5S/c1-15(26)23-16-9-13-19(14-10-16)31(28,29)25-21-6-4-3-5-20(21)22(27)24-17-7-11-18(30-2)12-8-17/h3-14,25H,1-2H3,(H,23,26)(H,24,27). The van der Waals surface area contributed by atoms with Crippen molar-refractivity contribution in [3.8, 4) is 5.75 Å². The molecule has 3 aromatic carbocycles. The minimum atomic E-state index is -3.96. The number of carbonyl (C=O) groups is 2. The SMILES string of the molecule is COc1ccc(NC(=O)c2ccccc2NS(=O)(=O)c2ccc(NC(C)=O)cc2)cc1. The van der Waals surface area contributed by atoms with Crippen LogP contribution in [0.15, 0.2) is 77.7 Å². The number of methoxy groups -OCH3 is 1. The van der Waals surface area contributed by atoms with Gasteiger partial charge in [-0.15, -0.1) is 0 Å². The zero-order valence-corrected chi connectivity index (χ0v) is 17.7. The number of benzene rings is 3. The first-order chi connectivity index (χ1) is 14.8. The molecule has 0 radical (unpaired) electrons. The lowest BCUT2D eigenvalue weighted by molar-refractivity contribution is -0.114. The first kappa shape index (κ1) is 21.8. The van der Waals surface area contributed by atoms with Crippen LogP contribution in [0.5, 0.6) is 5.75 Å². The maximum atomic E-state index is 12.8. The predicted octanol–water partition coefficient (Wildman–Crippen LogP) is 3.71. The number of ether oxygens (including phenoxy) is 1. The lowest BCUT2D eigenvalue weighted by Gasteiger charge is -2.13. The van der Waals surface area contributed by atoms with E-state index in [1.807, 2.05) is 0 Å². The van der Waals surface area contributed by atoms with Crippen LogP contribution in [-0.2, 0) is 14.8 Å². The van der Waals surface area contributed by atoms with E-state index in [0.717, 1.165) is 0 Å². The van der Waals surface area contributed by atoms with Crippen molar-refractivity contribution in [1.82, 2.24) is 0 Å². The second-order valence-corrected chi connectivity index (χ2v) is 8.22. The van der Waals surface area contributed by atoms with Gasteiger partial charge in [-0.1, -0.05) is 12.1 Å². The van der Waals surface area contributed by atoms with Crippen LogP contribution in [0.4, 0.5) is 17.1 Å². The van der Waals surface area contributed by atoms with Gasteiger partial charge in [-0.3, -0.25) is 14.3 Å². The van der Waals surface area contributed by atoms with Gasteiger partial charge in [-0.2, -0.15) is 0 Å². The van der Waals surface area contributed by atoms with Crippen LogP contribution in [0.25, 0.3) is 0 Å². The summed E-state index contributed by atoms with van der Waals surface area (Å²) in [5.74, 6) is -0.0781. The number of nitrogens with one attached hydrogen (secondary N) is 3. The highest BCUT2D eigenvalue weighted by molar-refractivity contribution is 7.92. The molecule has 160 valence electrons. The molecular weight excluding hydrogens is 418 g/mol. The Bertz CT molecular complexity index is 1190. The molecule has 3 aromatic rings. The van der Waals surface area contributed by atoms with Gasteiger partial charge >= 0.3 is 0 Å². The van der Waals surface area contributed by atoms with Crippen molar-refractivity contribution < 1.29 is 22.7 Å². The van der Waals surface area contributed by atoms with Gasteiger partial charge in [-0.05, 0) is 60.7 Å². The summed E-state index contributed by atoms with van der Waals surface area (Å²) >= 11 is 0. The molecule has 0 atom stereocenters. The number of hydrogen-bond donors (Lipinski definition) is 3. The molecule has 0 bridgehead atoms. The Balaban J connectivity index is 1.80. The third kappa shape index (κ3) is 5.61. The third-order valence-electron chi connectivity index (χ3n) is 4.25. The topological polar surface area (TPSA) is 114 Å². The molecule has 3 rings (SSSR count). The van der Waals surface area contributed by atoms with E-state index in [-0.39, 0.29) is 22.1 Å². The van der Waals surface area contributed by atoms with Gasteiger partial charge in [-0.25, -0.2) is 8.42 Å². The van der Waals surface area contributed by atoms with E-state index in [1.165, 1.54) is 43.3 Å². The molecule has 0 spiro atoms. The van der Waals surface area contributed by atoms with Crippen LogP contribution in [-0.4, -0.2) is 27.3 Å². The molecule has 0 aliphatic heterocycles. The zero-order chi connectivity index (χ0) is 22.4. The molecular formula is C22H21N3O5S. The van der Waals surface area contributed by atoms with E-state index >= 15 is 0 Å². The van der Waals surface area contributed by atoms with Gasteiger partial charge in [0, 0.05) is 18.3 Å². The number of carbonyl (C=O) groups excluding carboxylic acids is 2. The number of rotatable bonds is 7. The van der Waals surface area contributed by atoms with Gasteiger partial charge < -0.3 is 15.4 Å². The first-order valence-electron chi connectivity index (χ1n) is 9.23. The highest BCUT2D eigenvalue weighted by Gasteiger charge is 2.19. The maximum absolute atomic E-state index is 12.8. The molecule has 2 amide bonds. The highest BCUT2D eigenvalue weighted by atomic mass is 32.2. The molecule has 3 N–H and O–H groups in total. The molecule has 0 saturated heterocycles. The van der Waals surface area contributed by atoms with Crippen LogP contribution in [0.2, 0.25) is 0 Å². The largest absolute Gasteiger partial charge is 0.497 e. The number of sulfonamides is 1. The first-order valence-corrected chi connectivity index (χ1v) is 10.7. The predicted molar refractivity (Wildman–Crippen MR) is 119 cm³/mol. The molecule has 31 heavy (non-hydrogen) atoms. The van der Waals surface area contributed by atoms with Gasteiger partial charge in [0.05, 0.1) is 23.3 Å². The molecule has 0 unspecified atom stereocenters. The lowest BCUT2D eigenvalue weighted by atomic mass is 10.1. The average molecular weight is 439 g/mol. The van der Waals surface area contributed by atoms with E-state index in [0.29, 0.717) is 17.1 Å². The van der Waals surface area contributed by atoms with E-state index in [1.54, 1.807) is 43.5 Å². The van der Waals surface area contributed by atoms with Crippen molar-refractivity contribution >= 4 is 38.9 Å². The summed E-state index contributed by atoms with van der Waals surface area (Å²) in [5, 5.41) is 5.30. The Labute approximate surface area is 180 Å². The maximum Gasteiger partial charge on any atom is 0.261 e. The monoisotopic (exact) mass is 439 g/mol. The van der Waals surface area contributed by atoms with Crippen LogP contribution in [0.1, 0.15) is 17.3 Å². The van der Waals surface area contributed by atoms with Crippen molar-refractivity contribution in [2.24, 2.45) is 0 Å². The Hall–Kier alpha value is -3.85. The third-order valence-corrected chi connectivity index (χ3v) is 5.63. The van der Waals surface area contributed by atoms with Crippen molar-refractivity contribution in [1.29, 1.82) is 0 Å². The summed E-state index contributed by atoms with van der Waals surface area (Å²) in [6, 6.07) is 18.8. The van der Waals surface area contributed by atoms with Gasteiger partial charge in [0.15, 0.2) is 0 Å². The average Bonchev–Trinajstić information content (AvgIpc) is 2.74. The van der Waals surface area contributed by atoms with Gasteiger partial charge in [0.25, 0.3) is 15.9 Å². The second kappa shape index (κ2) is 9.31. The summed E-state index contributed by atoms with van der Waals surface area (Å²) in [7, 11) is -2.41. The van der Waals surface area contributed by atoms with Gasteiger partial charge in [0.1, 0.15) is 5.75 Å². The molecule has 0 fully saturated rings. The Morgan fingerprint density at radius 2 is 1.39 bits per heavy atom. The highest BCUT2D eigenvalue weighted by Crippen LogP contribution is 2.23. The molecule has 9 heteroatoms. The fourth-order valence-electron chi connectivity index (χ4n) is 2.77. The smallest absolute Gasteiger partial charge is 0.261 e. The minimum Gasteiger partial charge on any atom is -0.497 e. The van der Waals surface area contributed by atoms with Crippen molar-refractivity contribution in [3.63, 3.8) is 0 Å². The minimum absolute atomic E-state index is 0.00744. The second-order valence-electron chi connectivity index (χ2n) is 6.54. The molecule has 8 nitrogen and oxygen atoms in total. The van der Waals surface area contributed by atoms with Crippen LogP contribution in [0, 0.1) is 0 Å². The van der Waals surface area contributed by atoms with E-state index in [4.69, 9.17) is 4.74 Å². The van der Waals surface area contributed by atoms with E-state index in [2.05, 4.69) is 15.4 Å². The summed E-state index contributed by atoms with van der Waals surface area (Å²) < 4.78 is 33.1. The number of amides is 2. The summed E-state index contributed by atoms with van der Waals surface area (Å²) in [6.45, 7) is 1.36. The van der Waals surface area contributed by atoms with Crippen LogP contribution in [0.3, 0.4) is 0 Å². The summed E-state index contributed by atoms with van der Waals surface area (Å²) in [6.07, 6.45) is 0. The number of para-hydroxylation sites is 1. The fraction of sp³-hybridized carbons (Fsp3) is 0.0909. The normalized spacial score (nSPS) is 10.8. The van der Waals surface area contributed by atoms with Crippen molar-refractivity contribution in [2.45, 2.75) is 11.8 Å².